The van der Waals surface area contributed by atoms with E-state index in [4.69, 9.17) is 26.4 Å². The molecule has 0 unspecified atom stereocenters. The summed E-state index contributed by atoms with van der Waals surface area (Å²) < 4.78 is 15.9. The van der Waals surface area contributed by atoms with Gasteiger partial charge >= 0.3 is 5.97 Å². The maximum absolute atomic E-state index is 12.0. The number of hydrogen-bond donors (Lipinski definition) is 2. The van der Waals surface area contributed by atoms with Gasteiger partial charge in [-0.15, -0.1) is 0 Å². The van der Waals surface area contributed by atoms with Gasteiger partial charge in [0.1, 0.15) is 12.4 Å². The lowest BCUT2D eigenvalue weighted by Gasteiger charge is -2.11. The molecule has 1 amide bonds. The van der Waals surface area contributed by atoms with Crippen molar-refractivity contribution in [2.24, 2.45) is 0 Å². The number of aryl methyl sites for hydroxylation is 1. The number of rotatable bonds is 13. The van der Waals surface area contributed by atoms with Crippen molar-refractivity contribution in [3.63, 3.8) is 0 Å². The number of hydrogen-bond acceptors (Lipinski definition) is 6. The van der Waals surface area contributed by atoms with E-state index in [9.17, 15) is 9.59 Å². The van der Waals surface area contributed by atoms with E-state index in [1.54, 1.807) is 24.3 Å². The average molecular weight is 459 g/mol. The van der Waals surface area contributed by atoms with Gasteiger partial charge in [-0.1, -0.05) is 30.3 Å². The molecule has 0 saturated heterocycles. The highest BCUT2D eigenvalue weighted by molar-refractivity contribution is 7.80. The fraction of sp³-hybridized carbons (Fsp3) is 0.375. The Kier molecular flexibility index (Phi) is 11.8. The summed E-state index contributed by atoms with van der Waals surface area (Å²) in [5.74, 6) is -0.0286. The summed E-state index contributed by atoms with van der Waals surface area (Å²) in [4.78, 5) is 23.8. The van der Waals surface area contributed by atoms with Gasteiger partial charge in [0, 0.05) is 18.7 Å². The van der Waals surface area contributed by atoms with Gasteiger partial charge < -0.3 is 24.8 Å². The summed E-state index contributed by atoms with van der Waals surface area (Å²) in [5, 5.41) is 5.65. The molecule has 2 aromatic carbocycles. The zero-order valence-corrected chi connectivity index (χ0v) is 19.1. The molecule has 0 spiro atoms. The van der Waals surface area contributed by atoms with Gasteiger partial charge in [0.15, 0.2) is 5.11 Å². The summed E-state index contributed by atoms with van der Waals surface area (Å²) >= 11 is 5.15. The average Bonchev–Trinajstić information content (AvgIpc) is 2.80. The van der Waals surface area contributed by atoms with Crippen LogP contribution in [-0.2, 0) is 25.5 Å². The molecular formula is C24H30N2O5S. The molecule has 0 fully saturated rings. The SMILES string of the molecule is CCOCCOc1ccc(NC(=S)NC(=O)CCC(=O)OCCCc2ccccc2)cc1. The molecule has 2 N–H and O–H groups in total. The van der Waals surface area contributed by atoms with Crippen LogP contribution >= 0.6 is 12.2 Å². The zero-order valence-electron chi connectivity index (χ0n) is 18.3. The molecule has 0 heterocycles. The standard InChI is InChI=1S/C24H30N2O5S/c1-2-29-17-18-30-21-12-10-20(11-13-21)25-24(32)26-22(27)14-15-23(28)31-16-6-9-19-7-4-3-5-8-19/h3-5,7-8,10-13H,2,6,9,14-18H2,1H3,(H2,25,26,27,32). The quantitative estimate of drug-likeness (QED) is 0.268. The summed E-state index contributed by atoms with van der Waals surface area (Å²) in [6.07, 6.45) is 1.60. The molecule has 7 nitrogen and oxygen atoms in total. The Bertz CT molecular complexity index is 843. The molecule has 2 aromatic rings. The molecule has 2 rings (SSSR count). The number of esters is 1. The molecule has 0 aliphatic carbocycles. The van der Waals surface area contributed by atoms with E-state index in [1.165, 1.54) is 5.56 Å². The van der Waals surface area contributed by atoms with Gasteiger partial charge in [-0.3, -0.25) is 9.59 Å². The predicted octanol–water partition coefficient (Wildman–Crippen LogP) is 3.87. The van der Waals surface area contributed by atoms with Crippen LogP contribution in [0.4, 0.5) is 5.69 Å². The molecule has 8 heteroatoms. The number of anilines is 1. The third kappa shape index (κ3) is 10.9. The maximum Gasteiger partial charge on any atom is 0.306 e. The van der Waals surface area contributed by atoms with Crippen molar-refractivity contribution in [3.05, 3.63) is 60.2 Å². The fourth-order valence-corrected chi connectivity index (χ4v) is 2.98. The number of ether oxygens (including phenoxy) is 3. The van der Waals surface area contributed by atoms with Crippen molar-refractivity contribution in [1.82, 2.24) is 5.32 Å². The number of nitrogens with one attached hydrogen (secondary N) is 2. The highest BCUT2D eigenvalue weighted by atomic mass is 32.1. The first kappa shape index (κ1) is 25.3. The first-order valence-corrected chi connectivity index (χ1v) is 11.1. The molecular weight excluding hydrogens is 428 g/mol. The molecule has 0 saturated carbocycles. The topological polar surface area (TPSA) is 85.9 Å². The van der Waals surface area contributed by atoms with Crippen molar-refractivity contribution in [3.8, 4) is 5.75 Å². The van der Waals surface area contributed by atoms with Crippen molar-refractivity contribution >= 4 is 34.9 Å². The van der Waals surface area contributed by atoms with Gasteiger partial charge in [0.2, 0.25) is 5.91 Å². The second-order valence-electron chi connectivity index (χ2n) is 6.88. The Morgan fingerprint density at radius 2 is 1.69 bits per heavy atom. The Morgan fingerprint density at radius 3 is 2.41 bits per heavy atom. The first-order chi connectivity index (χ1) is 15.6. The van der Waals surface area contributed by atoms with Crippen molar-refractivity contribution in [1.29, 1.82) is 0 Å². The van der Waals surface area contributed by atoms with Crippen LogP contribution in [0.25, 0.3) is 0 Å². The van der Waals surface area contributed by atoms with Crippen LogP contribution in [0.1, 0.15) is 31.7 Å². The van der Waals surface area contributed by atoms with Crippen LogP contribution in [0.5, 0.6) is 5.75 Å². The van der Waals surface area contributed by atoms with Crippen molar-refractivity contribution < 1.29 is 23.8 Å². The molecule has 0 aliphatic rings. The maximum atomic E-state index is 12.0. The van der Waals surface area contributed by atoms with E-state index in [-0.39, 0.29) is 23.9 Å². The number of benzene rings is 2. The summed E-state index contributed by atoms with van der Waals surface area (Å²) in [7, 11) is 0. The van der Waals surface area contributed by atoms with Gasteiger partial charge in [-0.2, -0.15) is 0 Å². The largest absolute Gasteiger partial charge is 0.491 e. The Hall–Kier alpha value is -2.97. The van der Waals surface area contributed by atoms with Crippen LogP contribution in [0.2, 0.25) is 0 Å². The van der Waals surface area contributed by atoms with E-state index in [0.29, 0.717) is 37.9 Å². The predicted molar refractivity (Wildman–Crippen MR) is 128 cm³/mol. The lowest BCUT2D eigenvalue weighted by molar-refractivity contribution is -0.145. The smallest absolute Gasteiger partial charge is 0.306 e. The third-order valence-corrected chi connectivity index (χ3v) is 4.54. The monoisotopic (exact) mass is 458 g/mol. The van der Waals surface area contributed by atoms with Gasteiger partial charge in [0.25, 0.3) is 0 Å². The highest BCUT2D eigenvalue weighted by Crippen LogP contribution is 2.15. The summed E-state index contributed by atoms with van der Waals surface area (Å²) in [6, 6.07) is 17.2. The van der Waals surface area contributed by atoms with E-state index >= 15 is 0 Å². The minimum absolute atomic E-state index is 0.00590. The number of carbonyl (C=O) groups is 2. The van der Waals surface area contributed by atoms with E-state index in [0.717, 1.165) is 12.8 Å². The summed E-state index contributed by atoms with van der Waals surface area (Å²) in [6.45, 7) is 3.94. The van der Waals surface area contributed by atoms with Gasteiger partial charge in [-0.25, -0.2) is 0 Å². The fourth-order valence-electron chi connectivity index (χ4n) is 2.74. The van der Waals surface area contributed by atoms with Gasteiger partial charge in [-0.05, 0) is 61.8 Å². The third-order valence-electron chi connectivity index (χ3n) is 4.34. The normalized spacial score (nSPS) is 10.3. The second kappa shape index (κ2) is 14.9. The molecule has 0 atom stereocenters. The Labute approximate surface area is 194 Å². The molecule has 0 radical (unpaired) electrons. The number of thiocarbonyl (C=S) groups is 1. The Morgan fingerprint density at radius 1 is 0.938 bits per heavy atom. The van der Waals surface area contributed by atoms with Gasteiger partial charge in [0.05, 0.1) is 19.6 Å². The summed E-state index contributed by atoms with van der Waals surface area (Å²) in [5.41, 5.74) is 1.91. The minimum atomic E-state index is -0.396. The minimum Gasteiger partial charge on any atom is -0.491 e. The molecule has 0 bridgehead atoms. The van der Waals surface area contributed by atoms with Crippen LogP contribution < -0.4 is 15.4 Å². The first-order valence-electron chi connectivity index (χ1n) is 10.7. The number of carbonyl (C=O) groups excluding carboxylic acids is 2. The van der Waals surface area contributed by atoms with E-state index in [1.807, 2.05) is 37.3 Å². The second-order valence-corrected chi connectivity index (χ2v) is 7.29. The van der Waals surface area contributed by atoms with E-state index in [2.05, 4.69) is 10.6 Å². The van der Waals surface area contributed by atoms with Crippen molar-refractivity contribution in [2.75, 3.05) is 31.7 Å². The lowest BCUT2D eigenvalue weighted by atomic mass is 10.1. The molecule has 172 valence electrons. The Balaban J connectivity index is 1.57. The molecule has 32 heavy (non-hydrogen) atoms. The van der Waals surface area contributed by atoms with Crippen LogP contribution in [0, 0.1) is 0 Å². The van der Waals surface area contributed by atoms with E-state index < -0.39 is 5.97 Å². The highest BCUT2D eigenvalue weighted by Gasteiger charge is 2.10. The number of amides is 1. The van der Waals surface area contributed by atoms with Crippen molar-refractivity contribution in [2.45, 2.75) is 32.6 Å². The molecule has 0 aromatic heterocycles. The van der Waals surface area contributed by atoms with Crippen LogP contribution in [-0.4, -0.2) is 43.4 Å². The zero-order chi connectivity index (χ0) is 23.0. The lowest BCUT2D eigenvalue weighted by Crippen LogP contribution is -2.34. The van der Waals surface area contributed by atoms with Crippen LogP contribution in [0.3, 0.4) is 0 Å². The van der Waals surface area contributed by atoms with Crippen LogP contribution in [0.15, 0.2) is 54.6 Å². The molecule has 0 aliphatic heterocycles.